The van der Waals surface area contributed by atoms with Gasteiger partial charge in [-0.05, 0) is 30.3 Å². The predicted octanol–water partition coefficient (Wildman–Crippen LogP) is 3.65. The minimum atomic E-state index is -0.138. The molecule has 0 spiro atoms. The van der Waals surface area contributed by atoms with E-state index in [4.69, 9.17) is 16.4 Å². The fraction of sp³-hybridized carbons (Fsp3) is 0.118. The van der Waals surface area contributed by atoms with E-state index in [1.54, 1.807) is 49.7 Å². The molecular weight excluding hydrogens is 360 g/mol. The number of anilines is 1. The Kier molecular flexibility index (Phi) is 3.91. The minimum Gasteiger partial charge on any atom is -0.277 e. The van der Waals surface area contributed by atoms with E-state index >= 15 is 0 Å². The molecule has 0 fully saturated rings. The first kappa shape index (κ1) is 16.0. The Labute approximate surface area is 151 Å². The van der Waals surface area contributed by atoms with Crippen LogP contribution in [0.1, 0.15) is 0 Å². The van der Waals surface area contributed by atoms with Gasteiger partial charge in [0.05, 0.1) is 23.9 Å². The zero-order chi connectivity index (χ0) is 17.6. The Bertz CT molecular complexity index is 1140. The van der Waals surface area contributed by atoms with Crippen LogP contribution in [0.25, 0.3) is 26.1 Å². The summed E-state index contributed by atoms with van der Waals surface area (Å²) in [5, 5.41) is 3.05. The second-order valence-electron chi connectivity index (χ2n) is 5.37. The number of hydroxylamine groups is 1. The first-order chi connectivity index (χ1) is 12.1. The molecule has 3 heterocycles. The van der Waals surface area contributed by atoms with Crippen molar-refractivity contribution in [3.8, 4) is 5.69 Å². The van der Waals surface area contributed by atoms with Gasteiger partial charge in [0, 0.05) is 18.3 Å². The summed E-state index contributed by atoms with van der Waals surface area (Å²) in [7, 11) is 3.38. The van der Waals surface area contributed by atoms with E-state index in [0.29, 0.717) is 20.9 Å². The molecule has 0 amide bonds. The van der Waals surface area contributed by atoms with Gasteiger partial charge in [-0.3, -0.25) is 19.3 Å². The van der Waals surface area contributed by atoms with Crippen molar-refractivity contribution in [2.45, 2.75) is 0 Å². The normalized spacial score (nSPS) is 11.3. The monoisotopic (exact) mass is 372 g/mol. The summed E-state index contributed by atoms with van der Waals surface area (Å²) in [5.74, 6) is 0. The van der Waals surface area contributed by atoms with Gasteiger partial charge in [0.15, 0.2) is 0 Å². The summed E-state index contributed by atoms with van der Waals surface area (Å²) in [6.45, 7) is 0. The lowest BCUT2D eigenvalue weighted by Crippen LogP contribution is -2.18. The Balaban J connectivity index is 2.01. The highest BCUT2D eigenvalue weighted by Crippen LogP contribution is 2.35. The Morgan fingerprint density at radius 1 is 1.20 bits per heavy atom. The van der Waals surface area contributed by atoms with Crippen LogP contribution in [0.5, 0.6) is 0 Å². The molecule has 4 aromatic rings. The van der Waals surface area contributed by atoms with E-state index in [0.717, 1.165) is 15.9 Å². The van der Waals surface area contributed by atoms with Crippen molar-refractivity contribution in [1.29, 1.82) is 0 Å². The zero-order valence-corrected chi connectivity index (χ0v) is 15.0. The molecule has 0 bridgehead atoms. The number of aromatic nitrogens is 3. The largest absolute Gasteiger partial charge is 0.277 e. The van der Waals surface area contributed by atoms with Crippen molar-refractivity contribution in [2.75, 3.05) is 19.2 Å². The van der Waals surface area contributed by atoms with Gasteiger partial charge in [-0.15, -0.1) is 11.3 Å². The summed E-state index contributed by atoms with van der Waals surface area (Å²) in [5.41, 5.74) is 2.02. The standard InChI is InChI=1S/C17H13ClN4O2S/c1-21(24-2)12-7-8-19-16-13(12)14-15(25-16)17(23)22(9-20-14)11-5-3-10(18)4-6-11/h3-9H,1-2H3. The number of pyridine rings is 1. The summed E-state index contributed by atoms with van der Waals surface area (Å²) < 4.78 is 2.06. The third-order valence-corrected chi connectivity index (χ3v) is 5.31. The first-order valence-electron chi connectivity index (χ1n) is 7.43. The summed E-state index contributed by atoms with van der Waals surface area (Å²) >= 11 is 7.25. The van der Waals surface area contributed by atoms with Crippen molar-refractivity contribution in [3.05, 3.63) is 58.2 Å². The SMILES string of the molecule is CON(C)c1ccnc2sc3c(=O)n(-c4ccc(Cl)cc4)cnc3c12. The van der Waals surface area contributed by atoms with Gasteiger partial charge in [-0.2, -0.15) is 0 Å². The van der Waals surface area contributed by atoms with Crippen LogP contribution in [-0.2, 0) is 4.84 Å². The first-order valence-corrected chi connectivity index (χ1v) is 8.62. The van der Waals surface area contributed by atoms with Crippen LogP contribution in [-0.4, -0.2) is 28.7 Å². The van der Waals surface area contributed by atoms with Gasteiger partial charge in [0.1, 0.15) is 21.4 Å². The predicted molar refractivity (Wildman–Crippen MR) is 101 cm³/mol. The molecule has 3 aromatic heterocycles. The number of hydrogen-bond donors (Lipinski definition) is 0. The van der Waals surface area contributed by atoms with Crippen LogP contribution in [0, 0.1) is 0 Å². The molecule has 0 unspecified atom stereocenters. The second kappa shape index (κ2) is 6.11. The number of halogens is 1. The van der Waals surface area contributed by atoms with Crippen LogP contribution in [0.15, 0.2) is 47.7 Å². The van der Waals surface area contributed by atoms with E-state index in [2.05, 4.69) is 9.97 Å². The van der Waals surface area contributed by atoms with Gasteiger partial charge in [-0.25, -0.2) is 9.97 Å². The maximum atomic E-state index is 13.0. The number of benzene rings is 1. The molecule has 0 radical (unpaired) electrons. The maximum absolute atomic E-state index is 13.0. The van der Waals surface area contributed by atoms with Crippen LogP contribution < -0.4 is 10.6 Å². The molecule has 1 aromatic carbocycles. The fourth-order valence-corrected chi connectivity index (χ4v) is 3.86. The Hall–Kier alpha value is -2.48. The molecule has 0 aliphatic rings. The highest BCUT2D eigenvalue weighted by Gasteiger charge is 2.17. The van der Waals surface area contributed by atoms with Crippen molar-refractivity contribution in [2.24, 2.45) is 0 Å². The van der Waals surface area contributed by atoms with Gasteiger partial charge in [0.25, 0.3) is 5.56 Å². The second-order valence-corrected chi connectivity index (χ2v) is 6.80. The highest BCUT2D eigenvalue weighted by atomic mass is 35.5. The molecule has 0 saturated carbocycles. The van der Waals surface area contributed by atoms with E-state index < -0.39 is 0 Å². The van der Waals surface area contributed by atoms with E-state index in [9.17, 15) is 4.79 Å². The molecule has 0 saturated heterocycles. The van der Waals surface area contributed by atoms with Gasteiger partial charge < -0.3 is 0 Å². The molecule has 4 rings (SSSR count). The van der Waals surface area contributed by atoms with Crippen molar-refractivity contribution in [1.82, 2.24) is 14.5 Å². The number of thiophene rings is 1. The quantitative estimate of drug-likeness (QED) is 0.514. The fourth-order valence-electron chi connectivity index (χ4n) is 2.68. The zero-order valence-electron chi connectivity index (χ0n) is 13.4. The molecule has 0 aliphatic carbocycles. The maximum Gasteiger partial charge on any atom is 0.275 e. The topological polar surface area (TPSA) is 60.2 Å². The summed E-state index contributed by atoms with van der Waals surface area (Å²) in [4.78, 5) is 27.9. The van der Waals surface area contributed by atoms with Gasteiger partial charge in [-0.1, -0.05) is 11.6 Å². The van der Waals surface area contributed by atoms with E-state index in [1.807, 2.05) is 6.07 Å². The number of fused-ring (bicyclic) bond motifs is 3. The van der Waals surface area contributed by atoms with E-state index in [1.165, 1.54) is 22.2 Å². The van der Waals surface area contributed by atoms with Crippen molar-refractivity contribution < 1.29 is 4.84 Å². The number of nitrogens with zero attached hydrogens (tertiary/aromatic N) is 4. The van der Waals surface area contributed by atoms with Crippen LogP contribution in [0.3, 0.4) is 0 Å². The van der Waals surface area contributed by atoms with Crippen molar-refractivity contribution in [3.63, 3.8) is 0 Å². The average Bonchev–Trinajstić information content (AvgIpc) is 3.02. The molecular formula is C17H13ClN4O2S. The van der Waals surface area contributed by atoms with E-state index in [-0.39, 0.29) is 5.56 Å². The number of hydrogen-bond acceptors (Lipinski definition) is 6. The third kappa shape index (κ3) is 2.57. The Morgan fingerprint density at radius 2 is 1.96 bits per heavy atom. The van der Waals surface area contributed by atoms with Crippen LogP contribution in [0.2, 0.25) is 5.02 Å². The lowest BCUT2D eigenvalue weighted by atomic mass is 10.2. The molecule has 25 heavy (non-hydrogen) atoms. The van der Waals surface area contributed by atoms with Crippen molar-refractivity contribution >= 4 is 49.1 Å². The molecule has 0 aliphatic heterocycles. The molecule has 6 nitrogen and oxygen atoms in total. The minimum absolute atomic E-state index is 0.138. The van der Waals surface area contributed by atoms with Gasteiger partial charge in [0.2, 0.25) is 0 Å². The molecule has 0 N–H and O–H groups in total. The van der Waals surface area contributed by atoms with Gasteiger partial charge >= 0.3 is 0 Å². The number of rotatable bonds is 3. The smallest absolute Gasteiger partial charge is 0.275 e. The summed E-state index contributed by atoms with van der Waals surface area (Å²) in [6, 6.07) is 8.89. The average molecular weight is 373 g/mol. The Morgan fingerprint density at radius 3 is 2.68 bits per heavy atom. The van der Waals surface area contributed by atoms with Crippen LogP contribution >= 0.6 is 22.9 Å². The molecule has 8 heteroatoms. The lowest BCUT2D eigenvalue weighted by Gasteiger charge is -2.16. The summed E-state index contributed by atoms with van der Waals surface area (Å²) in [6.07, 6.45) is 3.23. The van der Waals surface area contributed by atoms with Crippen LogP contribution in [0.4, 0.5) is 5.69 Å². The molecule has 126 valence electrons. The lowest BCUT2D eigenvalue weighted by molar-refractivity contribution is 0.185. The third-order valence-electron chi connectivity index (χ3n) is 3.98. The molecule has 0 atom stereocenters. The highest BCUT2D eigenvalue weighted by molar-refractivity contribution is 7.25.